The lowest BCUT2D eigenvalue weighted by atomic mass is 10.2. The van der Waals surface area contributed by atoms with E-state index in [2.05, 4.69) is 20.5 Å². The molecule has 0 spiro atoms. The van der Waals surface area contributed by atoms with E-state index in [1.807, 2.05) is 31.2 Å². The van der Waals surface area contributed by atoms with Gasteiger partial charge in [-0.05, 0) is 44.0 Å². The zero-order chi connectivity index (χ0) is 15.5. The van der Waals surface area contributed by atoms with Gasteiger partial charge >= 0.3 is 0 Å². The highest BCUT2D eigenvalue weighted by Crippen LogP contribution is 2.25. The summed E-state index contributed by atoms with van der Waals surface area (Å²) in [6.45, 7) is 1.87. The smallest absolute Gasteiger partial charge is 0.233 e. The maximum absolute atomic E-state index is 11.9. The van der Waals surface area contributed by atoms with Gasteiger partial charge in [0.1, 0.15) is 5.75 Å². The van der Waals surface area contributed by atoms with Crippen LogP contribution in [0.5, 0.6) is 5.75 Å². The maximum atomic E-state index is 11.9. The van der Waals surface area contributed by atoms with Gasteiger partial charge in [-0.1, -0.05) is 11.8 Å². The van der Waals surface area contributed by atoms with Crippen LogP contribution >= 0.6 is 11.8 Å². The molecule has 0 unspecified atom stereocenters. The molecule has 3 rings (SSSR count). The molecule has 2 N–H and O–H groups in total. The quantitative estimate of drug-likeness (QED) is 0.799. The largest absolute Gasteiger partial charge is 0.497 e. The molecular weight excluding hydrogens is 300 g/mol. The van der Waals surface area contributed by atoms with Gasteiger partial charge in [0, 0.05) is 11.6 Å². The second-order valence-electron chi connectivity index (χ2n) is 5.24. The predicted octanol–water partition coefficient (Wildman–Crippen LogP) is 2.24. The summed E-state index contributed by atoms with van der Waals surface area (Å²) in [5.41, 5.74) is 0.926. The van der Waals surface area contributed by atoms with E-state index in [0.717, 1.165) is 24.2 Å². The number of aromatic amines is 1. The Balaban J connectivity index is 1.63. The number of amides is 1. The molecule has 7 heteroatoms. The number of H-pyrrole nitrogens is 1. The number of ether oxygens (including phenoxy) is 1. The van der Waals surface area contributed by atoms with Crippen molar-refractivity contribution in [3.8, 4) is 17.1 Å². The van der Waals surface area contributed by atoms with Crippen LogP contribution in [0.4, 0.5) is 0 Å². The van der Waals surface area contributed by atoms with Crippen LogP contribution in [0, 0.1) is 0 Å². The molecule has 22 heavy (non-hydrogen) atoms. The Morgan fingerprint density at radius 1 is 1.41 bits per heavy atom. The van der Waals surface area contributed by atoms with Crippen molar-refractivity contribution < 1.29 is 9.53 Å². The molecule has 1 amide bonds. The monoisotopic (exact) mass is 318 g/mol. The van der Waals surface area contributed by atoms with Crippen LogP contribution < -0.4 is 10.1 Å². The summed E-state index contributed by atoms with van der Waals surface area (Å²) in [6, 6.07) is 7.94. The second kappa shape index (κ2) is 6.39. The zero-order valence-corrected chi connectivity index (χ0v) is 13.3. The number of thioether (sulfide) groups is 1. The van der Waals surface area contributed by atoms with Gasteiger partial charge < -0.3 is 10.1 Å². The first kappa shape index (κ1) is 14.9. The third-order valence-corrected chi connectivity index (χ3v) is 4.36. The molecule has 1 heterocycles. The van der Waals surface area contributed by atoms with E-state index in [1.54, 1.807) is 7.11 Å². The molecule has 6 nitrogen and oxygen atoms in total. The van der Waals surface area contributed by atoms with Gasteiger partial charge in [-0.25, -0.2) is 4.98 Å². The van der Waals surface area contributed by atoms with Crippen molar-refractivity contribution in [3.05, 3.63) is 24.3 Å². The predicted molar refractivity (Wildman–Crippen MR) is 84.9 cm³/mol. The van der Waals surface area contributed by atoms with Gasteiger partial charge in [0.05, 0.1) is 12.4 Å². The molecule has 116 valence electrons. The number of nitrogens with zero attached hydrogens (tertiary/aromatic N) is 2. The number of methoxy groups -OCH3 is 1. The third kappa shape index (κ3) is 3.59. The summed E-state index contributed by atoms with van der Waals surface area (Å²) >= 11 is 1.35. The fourth-order valence-corrected chi connectivity index (χ4v) is 2.67. The molecular formula is C15H18N4O2S. The summed E-state index contributed by atoms with van der Waals surface area (Å²) in [4.78, 5) is 16.4. The Kier molecular flexibility index (Phi) is 4.33. The average Bonchev–Trinajstić information content (AvgIpc) is 3.23. The van der Waals surface area contributed by atoms with Crippen LogP contribution in [-0.4, -0.2) is 39.5 Å². The Hall–Kier alpha value is -2.02. The number of hydrogen-bond donors (Lipinski definition) is 2. The highest BCUT2D eigenvalue weighted by molar-refractivity contribution is 8.00. The van der Waals surface area contributed by atoms with E-state index in [1.165, 1.54) is 11.8 Å². The molecule has 0 bridgehead atoms. The number of carbonyl (C=O) groups is 1. The molecule has 1 aliphatic rings. The van der Waals surface area contributed by atoms with Crippen molar-refractivity contribution >= 4 is 17.7 Å². The third-order valence-electron chi connectivity index (χ3n) is 3.40. The molecule has 1 atom stereocenters. The van der Waals surface area contributed by atoms with E-state index >= 15 is 0 Å². The van der Waals surface area contributed by atoms with Crippen molar-refractivity contribution in [2.24, 2.45) is 0 Å². The summed E-state index contributed by atoms with van der Waals surface area (Å²) in [7, 11) is 1.63. The van der Waals surface area contributed by atoms with E-state index in [9.17, 15) is 4.79 Å². The molecule has 1 aromatic carbocycles. The first-order valence-corrected chi connectivity index (χ1v) is 8.07. The van der Waals surface area contributed by atoms with Crippen molar-refractivity contribution in [3.63, 3.8) is 0 Å². The average molecular weight is 318 g/mol. The van der Waals surface area contributed by atoms with Crippen LogP contribution in [0.25, 0.3) is 11.4 Å². The SMILES string of the molecule is COc1ccc(-c2nc(S[C@@H](C)C(=O)NC3CC3)n[nH]2)cc1. The molecule has 0 radical (unpaired) electrons. The lowest BCUT2D eigenvalue weighted by Gasteiger charge is -2.08. The van der Waals surface area contributed by atoms with Crippen molar-refractivity contribution in [2.75, 3.05) is 7.11 Å². The van der Waals surface area contributed by atoms with E-state index in [4.69, 9.17) is 4.74 Å². The molecule has 0 aliphatic heterocycles. The standard InChI is InChI=1S/C15H18N4O2S/c1-9(14(20)16-11-5-6-11)22-15-17-13(18-19-15)10-3-7-12(21-2)8-4-10/h3-4,7-9,11H,5-6H2,1-2H3,(H,16,20)(H,17,18,19)/t9-/m0/s1. The van der Waals surface area contributed by atoms with Crippen LogP contribution in [0.1, 0.15) is 19.8 Å². The lowest BCUT2D eigenvalue weighted by Crippen LogP contribution is -2.32. The minimum Gasteiger partial charge on any atom is -0.497 e. The topological polar surface area (TPSA) is 79.9 Å². The van der Waals surface area contributed by atoms with E-state index < -0.39 is 0 Å². The van der Waals surface area contributed by atoms with Crippen molar-refractivity contribution in [2.45, 2.75) is 36.2 Å². The molecule has 0 saturated heterocycles. The van der Waals surface area contributed by atoms with Crippen molar-refractivity contribution in [1.29, 1.82) is 0 Å². The summed E-state index contributed by atoms with van der Waals surface area (Å²) < 4.78 is 5.13. The number of benzene rings is 1. The number of carbonyl (C=O) groups excluding carboxylic acids is 1. The van der Waals surface area contributed by atoms with E-state index in [-0.39, 0.29) is 11.2 Å². The van der Waals surface area contributed by atoms with Gasteiger partial charge in [0.25, 0.3) is 0 Å². The highest BCUT2D eigenvalue weighted by Gasteiger charge is 2.26. The van der Waals surface area contributed by atoms with E-state index in [0.29, 0.717) is 17.0 Å². The zero-order valence-electron chi connectivity index (χ0n) is 12.5. The maximum Gasteiger partial charge on any atom is 0.233 e. The highest BCUT2D eigenvalue weighted by atomic mass is 32.2. The first-order valence-electron chi connectivity index (χ1n) is 7.19. The number of hydrogen-bond acceptors (Lipinski definition) is 5. The molecule has 1 aromatic heterocycles. The Labute approximate surface area is 133 Å². The fourth-order valence-electron chi connectivity index (χ4n) is 1.93. The van der Waals surface area contributed by atoms with Gasteiger partial charge in [-0.15, -0.1) is 5.10 Å². The molecule has 1 aliphatic carbocycles. The lowest BCUT2D eigenvalue weighted by molar-refractivity contribution is -0.120. The Bertz CT molecular complexity index is 652. The van der Waals surface area contributed by atoms with Crippen molar-refractivity contribution in [1.82, 2.24) is 20.5 Å². The van der Waals surface area contributed by atoms with Crippen LogP contribution in [0.3, 0.4) is 0 Å². The van der Waals surface area contributed by atoms with Crippen LogP contribution in [-0.2, 0) is 4.79 Å². The van der Waals surface area contributed by atoms with Crippen LogP contribution in [0.2, 0.25) is 0 Å². The Morgan fingerprint density at radius 2 is 2.14 bits per heavy atom. The fraction of sp³-hybridized carbons (Fsp3) is 0.400. The molecule has 1 saturated carbocycles. The Morgan fingerprint density at radius 3 is 2.77 bits per heavy atom. The first-order chi connectivity index (χ1) is 10.7. The minimum absolute atomic E-state index is 0.0447. The van der Waals surface area contributed by atoms with Gasteiger partial charge in [-0.2, -0.15) is 0 Å². The number of rotatable bonds is 6. The van der Waals surface area contributed by atoms with Crippen LogP contribution in [0.15, 0.2) is 29.4 Å². The summed E-state index contributed by atoms with van der Waals surface area (Å²) in [5, 5.41) is 10.4. The normalized spacial score (nSPS) is 15.4. The van der Waals surface area contributed by atoms with Gasteiger partial charge in [-0.3, -0.25) is 9.89 Å². The molecule has 2 aromatic rings. The summed E-state index contributed by atoms with van der Waals surface area (Å²) in [6.07, 6.45) is 2.18. The summed E-state index contributed by atoms with van der Waals surface area (Å²) in [5.74, 6) is 1.52. The second-order valence-corrected chi connectivity index (χ2v) is 6.55. The van der Waals surface area contributed by atoms with Gasteiger partial charge in [0.2, 0.25) is 11.1 Å². The number of nitrogens with one attached hydrogen (secondary N) is 2. The number of aromatic nitrogens is 3. The molecule has 1 fully saturated rings. The van der Waals surface area contributed by atoms with Gasteiger partial charge in [0.15, 0.2) is 5.82 Å². The minimum atomic E-state index is -0.208.